The van der Waals surface area contributed by atoms with Crippen LogP contribution in [0.3, 0.4) is 0 Å². The number of hydrogen-bond donors (Lipinski definition) is 0. The van der Waals surface area contributed by atoms with Crippen molar-refractivity contribution in [3.05, 3.63) is 110 Å². The van der Waals surface area contributed by atoms with Gasteiger partial charge in [-0.1, -0.05) is 60.7 Å². The lowest BCUT2D eigenvalue weighted by Crippen LogP contribution is -1.91. The topological polar surface area (TPSA) is 51.6 Å². The minimum atomic E-state index is 0.836. The number of rotatable bonds is 3. The van der Waals surface area contributed by atoms with E-state index in [2.05, 4.69) is 68.5 Å². The zero-order valence-corrected chi connectivity index (χ0v) is 17.2. The zero-order chi connectivity index (χ0) is 21.3. The Hall–Kier alpha value is -4.44. The van der Waals surface area contributed by atoms with E-state index in [4.69, 9.17) is 0 Å². The highest BCUT2D eigenvalue weighted by atomic mass is 14.8. The van der Waals surface area contributed by atoms with Crippen molar-refractivity contribution in [3.63, 3.8) is 0 Å². The molecular formula is C28H18N4. The molecule has 0 bridgehead atoms. The quantitative estimate of drug-likeness (QED) is 0.331. The molecule has 6 aromatic rings. The van der Waals surface area contributed by atoms with Crippen molar-refractivity contribution in [1.29, 1.82) is 0 Å². The molecule has 0 fully saturated rings. The van der Waals surface area contributed by atoms with Crippen molar-refractivity contribution in [2.45, 2.75) is 0 Å². The highest BCUT2D eigenvalue weighted by Crippen LogP contribution is 2.27. The molecule has 4 heterocycles. The van der Waals surface area contributed by atoms with Gasteiger partial charge in [0.1, 0.15) is 0 Å². The van der Waals surface area contributed by atoms with Gasteiger partial charge in [0, 0.05) is 46.7 Å². The monoisotopic (exact) mass is 410 g/mol. The lowest BCUT2D eigenvalue weighted by molar-refractivity contribution is 1.26. The second kappa shape index (κ2) is 7.67. The van der Waals surface area contributed by atoms with Gasteiger partial charge in [-0.2, -0.15) is 0 Å². The van der Waals surface area contributed by atoms with Crippen molar-refractivity contribution < 1.29 is 0 Å². The van der Waals surface area contributed by atoms with Gasteiger partial charge in [-0.25, -0.2) is 0 Å². The maximum absolute atomic E-state index is 4.65. The van der Waals surface area contributed by atoms with Crippen LogP contribution < -0.4 is 0 Å². The summed E-state index contributed by atoms with van der Waals surface area (Å²) < 4.78 is 0. The Morgan fingerprint density at radius 2 is 0.688 bits per heavy atom. The van der Waals surface area contributed by atoms with Crippen LogP contribution in [0.15, 0.2) is 110 Å². The number of pyridine rings is 4. The Morgan fingerprint density at radius 1 is 0.344 bits per heavy atom. The van der Waals surface area contributed by atoms with E-state index in [1.165, 1.54) is 0 Å². The Labute approximate surface area is 185 Å². The van der Waals surface area contributed by atoms with Crippen molar-refractivity contribution >= 4 is 21.5 Å². The predicted molar refractivity (Wildman–Crippen MR) is 129 cm³/mol. The van der Waals surface area contributed by atoms with E-state index >= 15 is 0 Å². The van der Waals surface area contributed by atoms with Gasteiger partial charge in [0.15, 0.2) is 0 Å². The van der Waals surface area contributed by atoms with Gasteiger partial charge in [0.05, 0.1) is 22.8 Å². The summed E-state index contributed by atoms with van der Waals surface area (Å²) in [5.74, 6) is 0. The molecule has 4 aromatic heterocycles. The summed E-state index contributed by atoms with van der Waals surface area (Å²) >= 11 is 0. The second-order valence-electron chi connectivity index (χ2n) is 7.70. The molecule has 150 valence electrons. The van der Waals surface area contributed by atoms with Gasteiger partial charge >= 0.3 is 0 Å². The van der Waals surface area contributed by atoms with Gasteiger partial charge in [0.25, 0.3) is 0 Å². The van der Waals surface area contributed by atoms with Gasteiger partial charge in [-0.15, -0.1) is 0 Å². The molecule has 6 rings (SSSR count). The summed E-state index contributed by atoms with van der Waals surface area (Å²) in [5.41, 5.74) is 5.75. The summed E-state index contributed by atoms with van der Waals surface area (Å²) in [6.45, 7) is 0. The molecule has 0 spiro atoms. The molecule has 0 saturated carbocycles. The fourth-order valence-electron chi connectivity index (χ4n) is 3.89. The Balaban J connectivity index is 1.43. The van der Waals surface area contributed by atoms with Crippen LogP contribution in [0.5, 0.6) is 0 Å². The summed E-state index contributed by atoms with van der Waals surface area (Å²) in [6.07, 6.45) is 7.47. The first kappa shape index (κ1) is 18.3. The lowest BCUT2D eigenvalue weighted by atomic mass is 10.1. The Kier molecular flexibility index (Phi) is 4.40. The third-order valence-corrected chi connectivity index (χ3v) is 5.61. The third kappa shape index (κ3) is 3.38. The molecule has 0 radical (unpaired) electrons. The van der Waals surface area contributed by atoms with E-state index < -0.39 is 0 Å². The summed E-state index contributed by atoms with van der Waals surface area (Å²) in [6, 6.07) is 28.8. The smallest absolute Gasteiger partial charge is 0.0892 e. The molecule has 0 amide bonds. The van der Waals surface area contributed by atoms with Crippen molar-refractivity contribution in [2.75, 3.05) is 0 Å². The number of hydrogen-bond acceptors (Lipinski definition) is 4. The molecule has 4 nitrogen and oxygen atoms in total. The van der Waals surface area contributed by atoms with Gasteiger partial charge in [-0.3, -0.25) is 19.9 Å². The molecule has 0 N–H and O–H groups in total. The molecule has 0 unspecified atom stereocenters. The zero-order valence-electron chi connectivity index (χ0n) is 17.2. The first-order valence-corrected chi connectivity index (χ1v) is 10.5. The van der Waals surface area contributed by atoms with Crippen LogP contribution in [0.25, 0.3) is 55.4 Å². The maximum Gasteiger partial charge on any atom is 0.0892 e. The largest absolute Gasteiger partial charge is 0.256 e. The van der Waals surface area contributed by atoms with Crippen molar-refractivity contribution in [2.24, 2.45) is 0 Å². The average molecular weight is 410 g/mol. The fourth-order valence-corrected chi connectivity index (χ4v) is 3.89. The minimum absolute atomic E-state index is 0.836. The molecule has 32 heavy (non-hydrogen) atoms. The Bertz CT molecular complexity index is 1440. The van der Waals surface area contributed by atoms with E-state index in [0.717, 1.165) is 55.4 Å². The molecular weight excluding hydrogens is 392 g/mol. The first-order chi connectivity index (χ1) is 15.8. The second-order valence-corrected chi connectivity index (χ2v) is 7.70. The van der Waals surface area contributed by atoms with Crippen LogP contribution in [0.4, 0.5) is 0 Å². The maximum atomic E-state index is 4.65. The molecule has 0 atom stereocenters. The summed E-state index contributed by atoms with van der Waals surface area (Å²) in [5, 5.41) is 4.19. The van der Waals surface area contributed by atoms with Crippen LogP contribution in [0.2, 0.25) is 0 Å². The molecule has 4 heteroatoms. The molecule has 0 aliphatic heterocycles. The fraction of sp³-hybridized carbons (Fsp3) is 0. The number of nitrogens with zero attached hydrogens (tertiary/aromatic N) is 4. The predicted octanol–water partition coefficient (Wildman–Crippen LogP) is 6.57. The molecule has 0 aliphatic rings. The van der Waals surface area contributed by atoms with Crippen LogP contribution in [0.1, 0.15) is 0 Å². The van der Waals surface area contributed by atoms with Gasteiger partial charge < -0.3 is 0 Å². The van der Waals surface area contributed by atoms with Crippen molar-refractivity contribution in [1.82, 2.24) is 19.9 Å². The average Bonchev–Trinajstić information content (AvgIpc) is 2.88. The summed E-state index contributed by atoms with van der Waals surface area (Å²) in [7, 11) is 0. The van der Waals surface area contributed by atoms with Crippen LogP contribution in [-0.2, 0) is 0 Å². The van der Waals surface area contributed by atoms with E-state index in [-0.39, 0.29) is 0 Å². The molecule has 0 aliphatic carbocycles. The highest BCUT2D eigenvalue weighted by molar-refractivity contribution is 5.90. The highest BCUT2D eigenvalue weighted by Gasteiger charge is 2.08. The third-order valence-electron chi connectivity index (χ3n) is 5.61. The van der Waals surface area contributed by atoms with E-state index in [9.17, 15) is 0 Å². The van der Waals surface area contributed by atoms with Crippen molar-refractivity contribution in [3.8, 4) is 33.9 Å². The number of aromatic nitrogens is 4. The van der Waals surface area contributed by atoms with Crippen LogP contribution in [0, 0.1) is 0 Å². The van der Waals surface area contributed by atoms with Crippen LogP contribution >= 0.6 is 0 Å². The summed E-state index contributed by atoms with van der Waals surface area (Å²) in [4.78, 5) is 18.5. The minimum Gasteiger partial charge on any atom is -0.256 e. The number of fused-ring (bicyclic) bond motifs is 2. The van der Waals surface area contributed by atoms with E-state index in [1.807, 2.05) is 61.2 Å². The van der Waals surface area contributed by atoms with Crippen LogP contribution in [-0.4, -0.2) is 19.9 Å². The Morgan fingerprint density at radius 3 is 1.09 bits per heavy atom. The van der Waals surface area contributed by atoms with E-state index in [1.54, 1.807) is 0 Å². The SMILES string of the molecule is c1ccc(-c2cc3cc(-c4cc5cc(-c6ccccc6)ncc5cn4)ncc3cn2)cc1. The van der Waals surface area contributed by atoms with Gasteiger partial charge in [0.2, 0.25) is 0 Å². The standard InChI is InChI=1S/C28H18N4/c1-3-7-19(8-4-1)25-11-21-13-27(31-17-23(21)15-29-25)28-14-22-12-26(20-9-5-2-6-10-20)30-16-24(22)18-32-28/h1-18H. The normalized spacial score (nSPS) is 11.1. The molecule has 0 saturated heterocycles. The van der Waals surface area contributed by atoms with E-state index in [0.29, 0.717) is 0 Å². The number of benzene rings is 2. The van der Waals surface area contributed by atoms with Gasteiger partial charge in [-0.05, 0) is 35.0 Å². The lowest BCUT2D eigenvalue weighted by Gasteiger charge is -2.07. The molecule has 2 aromatic carbocycles. The first-order valence-electron chi connectivity index (χ1n) is 10.5.